The number of H-pyrrole nitrogens is 1. The minimum Gasteiger partial charge on any atom is -0.390 e. The molecule has 0 atom stereocenters. The second-order valence-electron chi connectivity index (χ2n) is 4.05. The highest BCUT2D eigenvalue weighted by Gasteiger charge is 2.23. The van der Waals surface area contributed by atoms with Gasteiger partial charge in [0.2, 0.25) is 10.0 Å². The van der Waals surface area contributed by atoms with Crippen molar-refractivity contribution in [1.29, 1.82) is 0 Å². The van der Waals surface area contributed by atoms with Crippen LogP contribution in [0.15, 0.2) is 17.2 Å². The van der Waals surface area contributed by atoms with Gasteiger partial charge in [-0.1, -0.05) is 0 Å². The van der Waals surface area contributed by atoms with Gasteiger partial charge in [-0.15, -0.1) is 0 Å². The third-order valence-electron chi connectivity index (χ3n) is 2.75. The van der Waals surface area contributed by atoms with Gasteiger partial charge in [-0.3, -0.25) is 9.78 Å². The molecule has 0 saturated carbocycles. The van der Waals surface area contributed by atoms with Gasteiger partial charge in [0.1, 0.15) is 10.6 Å². The molecule has 19 heavy (non-hydrogen) atoms. The maximum absolute atomic E-state index is 12.2. The largest absolute Gasteiger partial charge is 0.390 e. The molecule has 0 amide bonds. The molecule has 0 aliphatic rings. The fourth-order valence-corrected chi connectivity index (χ4v) is 3.10. The van der Waals surface area contributed by atoms with Crippen LogP contribution in [-0.4, -0.2) is 33.5 Å². The SMILES string of the molecule is Cc1[nH]nc(CO)c1S(=O)(=O)NCc1ccnn1C. The molecule has 8 nitrogen and oxygen atoms in total. The summed E-state index contributed by atoms with van der Waals surface area (Å²) in [5.74, 6) is 0. The van der Waals surface area contributed by atoms with E-state index in [1.807, 2.05) is 0 Å². The molecule has 2 rings (SSSR count). The molecular weight excluding hydrogens is 270 g/mol. The molecule has 0 aliphatic carbocycles. The van der Waals surface area contributed by atoms with Crippen LogP contribution in [0.2, 0.25) is 0 Å². The summed E-state index contributed by atoms with van der Waals surface area (Å²) in [4.78, 5) is -0.00262. The molecule has 0 unspecified atom stereocenters. The van der Waals surface area contributed by atoms with Gasteiger partial charge >= 0.3 is 0 Å². The Bertz CT molecular complexity index is 673. The normalized spacial score (nSPS) is 11.9. The predicted molar refractivity (Wildman–Crippen MR) is 66.5 cm³/mol. The van der Waals surface area contributed by atoms with Gasteiger partial charge in [-0.2, -0.15) is 10.2 Å². The Balaban J connectivity index is 2.23. The number of sulfonamides is 1. The van der Waals surface area contributed by atoms with Crippen molar-refractivity contribution in [3.8, 4) is 0 Å². The zero-order valence-corrected chi connectivity index (χ0v) is 11.4. The number of aryl methyl sites for hydroxylation is 2. The molecule has 0 aliphatic heterocycles. The summed E-state index contributed by atoms with van der Waals surface area (Å²) < 4.78 is 28.4. The van der Waals surface area contributed by atoms with Crippen LogP contribution in [0.3, 0.4) is 0 Å². The van der Waals surface area contributed by atoms with E-state index in [-0.39, 0.29) is 17.1 Å². The Morgan fingerprint density at radius 2 is 2.26 bits per heavy atom. The van der Waals surface area contributed by atoms with Gasteiger partial charge in [0, 0.05) is 13.2 Å². The lowest BCUT2D eigenvalue weighted by molar-refractivity contribution is 0.273. The summed E-state index contributed by atoms with van der Waals surface area (Å²) in [6, 6.07) is 1.72. The van der Waals surface area contributed by atoms with Crippen LogP contribution in [0.1, 0.15) is 17.1 Å². The first-order valence-corrected chi connectivity index (χ1v) is 7.05. The van der Waals surface area contributed by atoms with Crippen molar-refractivity contribution in [3.63, 3.8) is 0 Å². The molecule has 0 fully saturated rings. The number of aliphatic hydroxyl groups excluding tert-OH is 1. The summed E-state index contributed by atoms with van der Waals surface area (Å²) in [6.45, 7) is 1.27. The van der Waals surface area contributed by atoms with E-state index in [0.717, 1.165) is 5.69 Å². The Morgan fingerprint density at radius 3 is 2.84 bits per heavy atom. The van der Waals surface area contributed by atoms with E-state index in [9.17, 15) is 8.42 Å². The van der Waals surface area contributed by atoms with Crippen molar-refractivity contribution in [2.24, 2.45) is 7.05 Å². The lowest BCUT2D eigenvalue weighted by atomic mass is 10.4. The Kier molecular flexibility index (Phi) is 3.69. The number of hydrogen-bond acceptors (Lipinski definition) is 5. The van der Waals surface area contributed by atoms with Crippen molar-refractivity contribution >= 4 is 10.0 Å². The molecule has 2 aromatic heterocycles. The van der Waals surface area contributed by atoms with Gasteiger partial charge < -0.3 is 5.11 Å². The lowest BCUT2D eigenvalue weighted by Gasteiger charge is -2.07. The van der Waals surface area contributed by atoms with E-state index >= 15 is 0 Å². The average Bonchev–Trinajstić information content (AvgIpc) is 2.93. The van der Waals surface area contributed by atoms with Gasteiger partial charge in [0.25, 0.3) is 0 Å². The van der Waals surface area contributed by atoms with Gasteiger partial charge in [-0.25, -0.2) is 13.1 Å². The van der Waals surface area contributed by atoms with Gasteiger partial charge in [0.15, 0.2) is 0 Å². The Hall–Kier alpha value is -1.71. The molecule has 2 aromatic rings. The Labute approximate surface area is 110 Å². The fraction of sp³-hybridized carbons (Fsp3) is 0.400. The molecule has 0 radical (unpaired) electrons. The standard InChI is InChI=1S/C10H15N5O3S/c1-7-10(9(6-16)14-13-7)19(17,18)12-5-8-3-4-11-15(8)2/h3-4,12,16H,5-6H2,1-2H3,(H,13,14). The van der Waals surface area contributed by atoms with E-state index in [4.69, 9.17) is 5.11 Å². The maximum Gasteiger partial charge on any atom is 0.244 e. The molecule has 104 valence electrons. The van der Waals surface area contributed by atoms with Crippen LogP contribution >= 0.6 is 0 Å². The number of aromatic amines is 1. The average molecular weight is 285 g/mol. The summed E-state index contributed by atoms with van der Waals surface area (Å²) in [7, 11) is -2.00. The number of nitrogens with zero attached hydrogens (tertiary/aromatic N) is 3. The molecule has 3 N–H and O–H groups in total. The number of hydrogen-bond donors (Lipinski definition) is 3. The van der Waals surface area contributed by atoms with Crippen LogP contribution in [0.25, 0.3) is 0 Å². The quantitative estimate of drug-likeness (QED) is 0.680. The van der Waals surface area contributed by atoms with Crippen LogP contribution < -0.4 is 4.72 Å². The molecule has 0 bridgehead atoms. The van der Waals surface area contributed by atoms with E-state index in [0.29, 0.717) is 5.69 Å². The van der Waals surface area contributed by atoms with Gasteiger partial charge in [0.05, 0.1) is 24.5 Å². The van der Waals surface area contributed by atoms with E-state index in [1.54, 1.807) is 30.9 Å². The minimum atomic E-state index is -3.73. The van der Waals surface area contributed by atoms with E-state index in [1.165, 1.54) is 0 Å². The molecule has 9 heteroatoms. The monoisotopic (exact) mass is 285 g/mol. The van der Waals surface area contributed by atoms with Crippen LogP contribution in [0, 0.1) is 6.92 Å². The van der Waals surface area contributed by atoms with E-state index in [2.05, 4.69) is 20.0 Å². The zero-order chi connectivity index (χ0) is 14.0. The lowest BCUT2D eigenvalue weighted by Crippen LogP contribution is -2.25. The summed E-state index contributed by atoms with van der Waals surface area (Å²) >= 11 is 0. The van der Waals surface area contributed by atoms with Crippen molar-refractivity contribution in [2.45, 2.75) is 25.0 Å². The second kappa shape index (κ2) is 5.11. The van der Waals surface area contributed by atoms with Gasteiger partial charge in [-0.05, 0) is 13.0 Å². The molecule has 0 aromatic carbocycles. The fourth-order valence-electron chi connectivity index (χ4n) is 1.75. The first kappa shape index (κ1) is 13.7. The van der Waals surface area contributed by atoms with Crippen LogP contribution in [0.5, 0.6) is 0 Å². The third kappa shape index (κ3) is 2.67. The van der Waals surface area contributed by atoms with Crippen molar-refractivity contribution < 1.29 is 13.5 Å². The Morgan fingerprint density at radius 1 is 1.53 bits per heavy atom. The highest BCUT2D eigenvalue weighted by molar-refractivity contribution is 7.89. The minimum absolute atomic E-state index is 0.00262. The van der Waals surface area contributed by atoms with Crippen LogP contribution in [-0.2, 0) is 30.2 Å². The van der Waals surface area contributed by atoms with Crippen molar-refractivity contribution in [3.05, 3.63) is 29.3 Å². The highest BCUT2D eigenvalue weighted by atomic mass is 32.2. The first-order valence-electron chi connectivity index (χ1n) is 5.57. The highest BCUT2D eigenvalue weighted by Crippen LogP contribution is 2.17. The van der Waals surface area contributed by atoms with Crippen LogP contribution in [0.4, 0.5) is 0 Å². The smallest absolute Gasteiger partial charge is 0.244 e. The number of aliphatic hydroxyl groups is 1. The maximum atomic E-state index is 12.2. The summed E-state index contributed by atoms with van der Waals surface area (Å²) in [6.07, 6.45) is 1.59. The van der Waals surface area contributed by atoms with Crippen molar-refractivity contribution in [1.82, 2.24) is 24.7 Å². The third-order valence-corrected chi connectivity index (χ3v) is 4.35. The summed E-state index contributed by atoms with van der Waals surface area (Å²) in [5.41, 5.74) is 1.23. The summed E-state index contributed by atoms with van der Waals surface area (Å²) in [5, 5.41) is 19.4. The topological polar surface area (TPSA) is 113 Å². The molecule has 2 heterocycles. The predicted octanol–water partition coefficient (Wildman–Crippen LogP) is -0.578. The number of rotatable bonds is 5. The number of nitrogens with one attached hydrogen (secondary N) is 2. The van der Waals surface area contributed by atoms with E-state index < -0.39 is 16.6 Å². The second-order valence-corrected chi connectivity index (χ2v) is 5.76. The van der Waals surface area contributed by atoms with Crippen molar-refractivity contribution in [2.75, 3.05) is 0 Å². The molecule has 0 spiro atoms. The molecule has 0 saturated heterocycles. The first-order chi connectivity index (χ1) is 8.95. The molecular formula is C10H15N5O3S. The zero-order valence-electron chi connectivity index (χ0n) is 10.6. The number of aromatic nitrogens is 4.